The SMILES string of the molecule is Cc1cc(C)c(S(=O)(=O)NC(c2ccccc2F)c2nccn2C)c(C)c1. The van der Waals surface area contributed by atoms with Gasteiger partial charge in [-0.2, -0.15) is 4.72 Å². The first-order chi connectivity index (χ1) is 12.7. The number of nitrogens with zero attached hydrogens (tertiary/aromatic N) is 2. The van der Waals surface area contributed by atoms with Crippen LogP contribution in [0, 0.1) is 26.6 Å². The number of sulfonamides is 1. The normalized spacial score (nSPS) is 12.9. The number of aromatic nitrogens is 2. The van der Waals surface area contributed by atoms with Crippen molar-refractivity contribution in [2.45, 2.75) is 31.7 Å². The van der Waals surface area contributed by atoms with E-state index in [2.05, 4.69) is 9.71 Å². The Morgan fingerprint density at radius 2 is 1.74 bits per heavy atom. The minimum atomic E-state index is -3.92. The van der Waals surface area contributed by atoms with Crippen LogP contribution in [0.3, 0.4) is 0 Å². The van der Waals surface area contributed by atoms with Crippen LogP contribution in [0.1, 0.15) is 34.1 Å². The number of hydrogen-bond acceptors (Lipinski definition) is 3. The highest BCUT2D eigenvalue weighted by molar-refractivity contribution is 7.89. The fourth-order valence-electron chi connectivity index (χ4n) is 3.42. The van der Waals surface area contributed by atoms with Gasteiger partial charge in [-0.3, -0.25) is 0 Å². The van der Waals surface area contributed by atoms with E-state index in [4.69, 9.17) is 0 Å². The van der Waals surface area contributed by atoms with Crippen molar-refractivity contribution in [3.63, 3.8) is 0 Å². The Hall–Kier alpha value is -2.51. The molecule has 0 amide bonds. The van der Waals surface area contributed by atoms with Crippen LogP contribution in [0.5, 0.6) is 0 Å². The van der Waals surface area contributed by atoms with E-state index in [0.29, 0.717) is 17.0 Å². The molecule has 142 valence electrons. The largest absolute Gasteiger partial charge is 0.336 e. The molecule has 0 aliphatic carbocycles. The number of imidazole rings is 1. The third-order valence-corrected chi connectivity index (χ3v) is 6.21. The Balaban J connectivity index is 2.13. The monoisotopic (exact) mass is 387 g/mol. The molecule has 7 heteroatoms. The first-order valence-corrected chi connectivity index (χ1v) is 10.0. The number of rotatable bonds is 5. The molecule has 1 aromatic heterocycles. The molecule has 5 nitrogen and oxygen atoms in total. The molecule has 0 aliphatic heterocycles. The van der Waals surface area contributed by atoms with Crippen molar-refractivity contribution in [3.05, 3.63) is 82.7 Å². The maximum absolute atomic E-state index is 14.5. The lowest BCUT2D eigenvalue weighted by Crippen LogP contribution is -2.32. The fourth-order valence-corrected chi connectivity index (χ4v) is 5.05. The van der Waals surface area contributed by atoms with E-state index in [1.807, 2.05) is 19.1 Å². The van der Waals surface area contributed by atoms with Crippen LogP contribution in [-0.2, 0) is 17.1 Å². The number of hydrogen-bond donors (Lipinski definition) is 1. The van der Waals surface area contributed by atoms with Crippen molar-refractivity contribution in [1.82, 2.24) is 14.3 Å². The Morgan fingerprint density at radius 1 is 1.11 bits per heavy atom. The standard InChI is InChI=1S/C20H22FN3O2S/c1-13-11-14(2)19(15(3)12-13)27(25,26)23-18(20-22-9-10-24(20)4)16-7-5-6-8-17(16)21/h5-12,18,23H,1-4H3. The smallest absolute Gasteiger partial charge is 0.242 e. The molecule has 0 fully saturated rings. The Bertz CT molecular complexity index is 1070. The Kier molecular flexibility index (Phi) is 5.17. The molecule has 1 unspecified atom stereocenters. The lowest BCUT2D eigenvalue weighted by molar-refractivity contribution is 0.544. The molecule has 1 N–H and O–H groups in total. The van der Waals surface area contributed by atoms with Gasteiger partial charge in [0.05, 0.1) is 4.90 Å². The number of aryl methyl sites for hydroxylation is 4. The molecule has 3 rings (SSSR count). The molecule has 2 aromatic carbocycles. The predicted octanol–water partition coefficient (Wildman–Crippen LogP) is 3.55. The average Bonchev–Trinajstić information content (AvgIpc) is 2.98. The van der Waals surface area contributed by atoms with E-state index in [1.54, 1.807) is 56.1 Å². The van der Waals surface area contributed by atoms with Crippen LogP contribution < -0.4 is 4.72 Å². The second-order valence-electron chi connectivity index (χ2n) is 6.70. The van der Waals surface area contributed by atoms with E-state index in [1.165, 1.54) is 6.07 Å². The highest BCUT2D eigenvalue weighted by Gasteiger charge is 2.29. The molecule has 27 heavy (non-hydrogen) atoms. The van der Waals surface area contributed by atoms with Gasteiger partial charge in [0, 0.05) is 25.0 Å². The number of benzene rings is 2. The molecular weight excluding hydrogens is 365 g/mol. The lowest BCUT2D eigenvalue weighted by atomic mass is 10.1. The topological polar surface area (TPSA) is 64.0 Å². The first-order valence-electron chi connectivity index (χ1n) is 8.52. The van der Waals surface area contributed by atoms with Crippen LogP contribution >= 0.6 is 0 Å². The summed E-state index contributed by atoms with van der Waals surface area (Å²) in [4.78, 5) is 4.45. The summed E-state index contributed by atoms with van der Waals surface area (Å²) in [6.07, 6.45) is 3.25. The van der Waals surface area contributed by atoms with Gasteiger partial charge in [0.15, 0.2) is 0 Å². The van der Waals surface area contributed by atoms with Gasteiger partial charge in [0.1, 0.15) is 17.7 Å². The Labute approximate surface area is 158 Å². The van der Waals surface area contributed by atoms with E-state index in [9.17, 15) is 12.8 Å². The summed E-state index contributed by atoms with van der Waals surface area (Å²) in [5.74, 6) is -0.0864. The van der Waals surface area contributed by atoms with Gasteiger partial charge in [-0.15, -0.1) is 0 Å². The summed E-state index contributed by atoms with van der Waals surface area (Å²) in [7, 11) is -2.17. The third-order valence-electron chi connectivity index (χ3n) is 4.48. The minimum Gasteiger partial charge on any atom is -0.336 e. The average molecular weight is 387 g/mol. The zero-order chi connectivity index (χ0) is 19.8. The molecule has 0 aliphatic rings. The minimum absolute atomic E-state index is 0.212. The molecule has 3 aromatic rings. The number of halogens is 1. The molecular formula is C20H22FN3O2S. The van der Waals surface area contributed by atoms with Gasteiger partial charge in [-0.05, 0) is 38.0 Å². The summed E-state index contributed by atoms with van der Waals surface area (Å²) in [6, 6.07) is 8.80. The molecule has 0 saturated carbocycles. The van der Waals surface area contributed by atoms with Crippen molar-refractivity contribution in [1.29, 1.82) is 0 Å². The van der Waals surface area contributed by atoms with Crippen molar-refractivity contribution in [3.8, 4) is 0 Å². The maximum atomic E-state index is 14.5. The third kappa shape index (κ3) is 3.79. The van der Waals surface area contributed by atoms with Gasteiger partial charge < -0.3 is 4.57 Å². The van der Waals surface area contributed by atoms with E-state index >= 15 is 0 Å². The van der Waals surface area contributed by atoms with E-state index < -0.39 is 21.9 Å². The molecule has 1 atom stereocenters. The van der Waals surface area contributed by atoms with Gasteiger partial charge in [0.25, 0.3) is 0 Å². The molecule has 0 radical (unpaired) electrons. The van der Waals surface area contributed by atoms with Crippen molar-refractivity contribution in [2.24, 2.45) is 7.05 Å². The zero-order valence-electron chi connectivity index (χ0n) is 15.7. The predicted molar refractivity (Wildman–Crippen MR) is 102 cm³/mol. The van der Waals surface area contributed by atoms with Gasteiger partial charge in [-0.1, -0.05) is 35.9 Å². The van der Waals surface area contributed by atoms with Crippen molar-refractivity contribution < 1.29 is 12.8 Å². The van der Waals surface area contributed by atoms with Crippen LogP contribution in [-0.4, -0.2) is 18.0 Å². The van der Waals surface area contributed by atoms with Gasteiger partial charge in [0.2, 0.25) is 10.0 Å². The summed E-state index contributed by atoms with van der Waals surface area (Å²) < 4.78 is 45.2. The van der Waals surface area contributed by atoms with Crippen LogP contribution in [0.2, 0.25) is 0 Å². The van der Waals surface area contributed by atoms with Gasteiger partial charge in [-0.25, -0.2) is 17.8 Å². The van der Waals surface area contributed by atoms with Crippen LogP contribution in [0.4, 0.5) is 4.39 Å². The fraction of sp³-hybridized carbons (Fsp3) is 0.250. The summed E-state index contributed by atoms with van der Waals surface area (Å²) in [5, 5.41) is 0. The second-order valence-corrected chi connectivity index (χ2v) is 8.35. The molecule has 0 bridgehead atoms. The Morgan fingerprint density at radius 3 is 2.30 bits per heavy atom. The zero-order valence-corrected chi connectivity index (χ0v) is 16.5. The summed E-state index contributed by atoms with van der Waals surface area (Å²) in [6.45, 7) is 5.43. The molecule has 0 saturated heterocycles. The van der Waals surface area contributed by atoms with E-state index in [-0.39, 0.29) is 10.5 Å². The van der Waals surface area contributed by atoms with Crippen LogP contribution in [0.15, 0.2) is 53.7 Å². The van der Waals surface area contributed by atoms with Crippen molar-refractivity contribution in [2.75, 3.05) is 0 Å². The van der Waals surface area contributed by atoms with Gasteiger partial charge >= 0.3 is 0 Å². The van der Waals surface area contributed by atoms with E-state index in [0.717, 1.165) is 5.56 Å². The lowest BCUT2D eigenvalue weighted by Gasteiger charge is -2.21. The first kappa shape index (κ1) is 19.3. The summed E-state index contributed by atoms with van der Waals surface area (Å²) in [5.41, 5.74) is 2.50. The van der Waals surface area contributed by atoms with Crippen molar-refractivity contribution >= 4 is 10.0 Å². The molecule has 1 heterocycles. The quantitative estimate of drug-likeness (QED) is 0.728. The summed E-state index contributed by atoms with van der Waals surface area (Å²) >= 11 is 0. The highest BCUT2D eigenvalue weighted by Crippen LogP contribution is 2.28. The second kappa shape index (κ2) is 7.25. The maximum Gasteiger partial charge on any atom is 0.242 e. The number of nitrogens with one attached hydrogen (secondary N) is 1. The highest BCUT2D eigenvalue weighted by atomic mass is 32.2. The molecule has 0 spiro atoms. The van der Waals surface area contributed by atoms with Crippen LogP contribution in [0.25, 0.3) is 0 Å².